The van der Waals surface area contributed by atoms with E-state index in [2.05, 4.69) is 5.32 Å². The predicted molar refractivity (Wildman–Crippen MR) is 72.5 cm³/mol. The number of carbonyl (C=O) groups is 1. The smallest absolute Gasteiger partial charge is 0.245 e. The van der Waals surface area contributed by atoms with E-state index in [4.69, 9.17) is 10.00 Å². The van der Waals surface area contributed by atoms with Crippen LogP contribution < -0.4 is 10.1 Å². The number of amides is 1. The van der Waals surface area contributed by atoms with E-state index in [1.165, 1.54) is 11.6 Å². The van der Waals surface area contributed by atoms with Crippen LogP contribution in [-0.2, 0) is 11.2 Å². The van der Waals surface area contributed by atoms with E-state index in [-0.39, 0.29) is 5.91 Å². The van der Waals surface area contributed by atoms with Crippen molar-refractivity contribution in [1.29, 1.82) is 5.26 Å². The van der Waals surface area contributed by atoms with E-state index >= 15 is 0 Å². The molecule has 0 saturated carbocycles. The third-order valence-electron chi connectivity index (χ3n) is 3.02. The first-order valence-electron chi connectivity index (χ1n) is 6.37. The lowest BCUT2D eigenvalue weighted by Gasteiger charge is -2.05. The zero-order valence-corrected chi connectivity index (χ0v) is 10.8. The molecule has 0 aliphatic carbocycles. The molecule has 0 saturated heterocycles. The average molecular weight is 256 g/mol. The molecular weight excluding hydrogens is 240 g/mol. The third-order valence-corrected chi connectivity index (χ3v) is 3.02. The molecule has 1 N–H and O–H groups in total. The second kappa shape index (κ2) is 6.05. The Morgan fingerprint density at radius 2 is 2.47 bits per heavy atom. The number of hydrogen-bond donors (Lipinski definition) is 1. The molecule has 4 nitrogen and oxygen atoms in total. The fraction of sp³-hybridized carbons (Fsp3) is 0.333. The number of nitriles is 1. The summed E-state index contributed by atoms with van der Waals surface area (Å²) in [5.74, 6) is 0.683. The first kappa shape index (κ1) is 13.2. The second-order valence-corrected chi connectivity index (χ2v) is 4.40. The van der Waals surface area contributed by atoms with Gasteiger partial charge >= 0.3 is 0 Å². The second-order valence-electron chi connectivity index (χ2n) is 4.40. The summed E-state index contributed by atoms with van der Waals surface area (Å²) in [7, 11) is 0. The summed E-state index contributed by atoms with van der Waals surface area (Å²) in [5.41, 5.74) is 2.13. The van der Waals surface area contributed by atoms with Crippen molar-refractivity contribution in [2.45, 2.75) is 25.8 Å². The van der Waals surface area contributed by atoms with Gasteiger partial charge in [-0.2, -0.15) is 5.26 Å². The van der Waals surface area contributed by atoms with Gasteiger partial charge < -0.3 is 10.1 Å². The van der Waals surface area contributed by atoms with Crippen molar-refractivity contribution in [3.8, 4) is 11.8 Å². The highest BCUT2D eigenvalue weighted by Crippen LogP contribution is 2.26. The zero-order valence-electron chi connectivity index (χ0n) is 10.8. The maximum atomic E-state index is 11.6. The van der Waals surface area contributed by atoms with E-state index in [0.717, 1.165) is 24.3 Å². The Bertz CT molecular complexity index is 544. The minimum Gasteiger partial charge on any atom is -0.493 e. The monoisotopic (exact) mass is 256 g/mol. The number of benzene rings is 1. The molecule has 4 heteroatoms. The fourth-order valence-electron chi connectivity index (χ4n) is 1.93. The van der Waals surface area contributed by atoms with Crippen LogP contribution in [0, 0.1) is 11.3 Å². The van der Waals surface area contributed by atoms with Gasteiger partial charge in [0.05, 0.1) is 12.7 Å². The highest BCUT2D eigenvalue weighted by molar-refractivity contribution is 5.92. The Morgan fingerprint density at radius 1 is 1.63 bits per heavy atom. The van der Waals surface area contributed by atoms with E-state index in [1.807, 2.05) is 31.2 Å². The maximum absolute atomic E-state index is 11.6. The molecule has 1 aromatic rings. The SMILES string of the molecule is CCC(C#N)NC(=O)C=Cc1ccc2c(c1)CCO2. The van der Waals surface area contributed by atoms with Crippen LogP contribution in [0.25, 0.3) is 6.08 Å². The maximum Gasteiger partial charge on any atom is 0.245 e. The van der Waals surface area contributed by atoms with Gasteiger partial charge in [-0.05, 0) is 35.8 Å². The molecule has 1 unspecified atom stereocenters. The Hall–Kier alpha value is -2.28. The van der Waals surface area contributed by atoms with Crippen LogP contribution in [-0.4, -0.2) is 18.6 Å². The van der Waals surface area contributed by atoms with Crippen LogP contribution in [0.2, 0.25) is 0 Å². The lowest BCUT2D eigenvalue weighted by molar-refractivity contribution is -0.116. The Kier molecular flexibility index (Phi) is 4.19. The summed E-state index contributed by atoms with van der Waals surface area (Å²) in [5, 5.41) is 11.4. The molecule has 0 bridgehead atoms. The summed E-state index contributed by atoms with van der Waals surface area (Å²) in [6.07, 6.45) is 4.72. The lowest BCUT2D eigenvalue weighted by Crippen LogP contribution is -2.31. The standard InChI is InChI=1S/C15H16N2O2/c1-2-13(10-16)17-15(18)6-4-11-3-5-14-12(9-11)7-8-19-14/h3-6,9,13H,2,7-8H2,1H3,(H,17,18). The van der Waals surface area contributed by atoms with Gasteiger partial charge in [-0.25, -0.2) is 0 Å². The minimum absolute atomic E-state index is 0.245. The molecule has 1 aromatic carbocycles. The topological polar surface area (TPSA) is 62.1 Å². The molecule has 1 atom stereocenters. The first-order chi connectivity index (χ1) is 9.22. The molecular formula is C15H16N2O2. The van der Waals surface area contributed by atoms with E-state index in [9.17, 15) is 4.79 Å². The summed E-state index contributed by atoms with van der Waals surface area (Å²) in [4.78, 5) is 11.6. The predicted octanol–water partition coefficient (Wildman–Crippen LogP) is 2.05. The highest BCUT2D eigenvalue weighted by atomic mass is 16.5. The molecule has 0 aromatic heterocycles. The Balaban J connectivity index is 1.99. The molecule has 1 amide bonds. The molecule has 98 valence electrons. The lowest BCUT2D eigenvalue weighted by atomic mass is 10.1. The number of rotatable bonds is 4. The minimum atomic E-state index is -0.425. The van der Waals surface area contributed by atoms with Crippen LogP contribution in [0.15, 0.2) is 24.3 Å². The average Bonchev–Trinajstić information content (AvgIpc) is 2.89. The van der Waals surface area contributed by atoms with E-state index in [0.29, 0.717) is 6.42 Å². The van der Waals surface area contributed by atoms with Crippen molar-refractivity contribution in [3.05, 3.63) is 35.4 Å². The van der Waals surface area contributed by atoms with Gasteiger partial charge in [0.1, 0.15) is 11.8 Å². The van der Waals surface area contributed by atoms with Crippen molar-refractivity contribution in [1.82, 2.24) is 5.32 Å². The number of hydrogen-bond acceptors (Lipinski definition) is 3. The Labute approximate surface area is 112 Å². The molecule has 1 aliphatic heterocycles. The number of carbonyl (C=O) groups excluding carboxylic acids is 1. The van der Waals surface area contributed by atoms with Crippen LogP contribution in [0.5, 0.6) is 5.75 Å². The van der Waals surface area contributed by atoms with Crippen LogP contribution in [0.1, 0.15) is 24.5 Å². The molecule has 19 heavy (non-hydrogen) atoms. The molecule has 1 aliphatic rings. The van der Waals surface area contributed by atoms with E-state index in [1.54, 1.807) is 6.08 Å². The quantitative estimate of drug-likeness (QED) is 0.839. The fourth-order valence-corrected chi connectivity index (χ4v) is 1.93. The van der Waals surface area contributed by atoms with Crippen molar-refractivity contribution < 1.29 is 9.53 Å². The largest absolute Gasteiger partial charge is 0.493 e. The number of nitrogens with one attached hydrogen (secondary N) is 1. The first-order valence-corrected chi connectivity index (χ1v) is 6.37. The van der Waals surface area contributed by atoms with Crippen molar-refractivity contribution in [3.63, 3.8) is 0 Å². The van der Waals surface area contributed by atoms with Crippen molar-refractivity contribution in [2.24, 2.45) is 0 Å². The van der Waals surface area contributed by atoms with Gasteiger partial charge in [0.2, 0.25) is 5.91 Å². The summed E-state index contributed by atoms with van der Waals surface area (Å²) >= 11 is 0. The van der Waals surface area contributed by atoms with Gasteiger partial charge in [-0.3, -0.25) is 4.79 Å². The summed E-state index contributed by atoms with van der Waals surface area (Å²) in [6, 6.07) is 7.46. The normalized spacial score (nSPS) is 14.5. The molecule has 0 spiro atoms. The van der Waals surface area contributed by atoms with E-state index < -0.39 is 6.04 Å². The molecule has 2 rings (SSSR count). The number of fused-ring (bicyclic) bond motifs is 1. The van der Waals surface area contributed by atoms with Crippen molar-refractivity contribution >= 4 is 12.0 Å². The van der Waals surface area contributed by atoms with Crippen molar-refractivity contribution in [2.75, 3.05) is 6.61 Å². The summed E-state index contributed by atoms with van der Waals surface area (Å²) < 4.78 is 5.42. The van der Waals surface area contributed by atoms with Gasteiger partial charge in [-0.15, -0.1) is 0 Å². The van der Waals surface area contributed by atoms with Gasteiger partial charge in [0, 0.05) is 12.5 Å². The number of nitrogens with zero attached hydrogens (tertiary/aromatic N) is 1. The van der Waals surface area contributed by atoms with Gasteiger partial charge in [0.25, 0.3) is 0 Å². The van der Waals surface area contributed by atoms with Crippen LogP contribution in [0.4, 0.5) is 0 Å². The third kappa shape index (κ3) is 3.35. The highest BCUT2D eigenvalue weighted by Gasteiger charge is 2.11. The van der Waals surface area contributed by atoms with Gasteiger partial charge in [0.15, 0.2) is 0 Å². The Morgan fingerprint density at radius 3 is 3.21 bits per heavy atom. The molecule has 0 radical (unpaired) electrons. The number of ether oxygens (including phenoxy) is 1. The molecule has 0 fully saturated rings. The molecule has 1 heterocycles. The van der Waals surface area contributed by atoms with Gasteiger partial charge in [-0.1, -0.05) is 13.0 Å². The zero-order chi connectivity index (χ0) is 13.7. The summed E-state index contributed by atoms with van der Waals surface area (Å²) in [6.45, 7) is 2.59. The van der Waals surface area contributed by atoms with Crippen LogP contribution >= 0.6 is 0 Å². The van der Waals surface area contributed by atoms with Crippen LogP contribution in [0.3, 0.4) is 0 Å².